The van der Waals surface area contributed by atoms with Crippen molar-refractivity contribution >= 4 is 29.0 Å². The van der Waals surface area contributed by atoms with Gasteiger partial charge in [-0.2, -0.15) is 0 Å². The van der Waals surface area contributed by atoms with E-state index in [4.69, 9.17) is 11.6 Å². The number of halogens is 1. The van der Waals surface area contributed by atoms with Crippen LogP contribution < -0.4 is 16.0 Å². The zero-order valence-corrected chi connectivity index (χ0v) is 12.7. The molecule has 0 radical (unpaired) electrons. The van der Waals surface area contributed by atoms with Crippen LogP contribution in [0.15, 0.2) is 54.6 Å². The van der Waals surface area contributed by atoms with Gasteiger partial charge in [-0.25, -0.2) is 4.79 Å². The van der Waals surface area contributed by atoms with Gasteiger partial charge in [0.05, 0.1) is 0 Å². The Morgan fingerprint density at radius 3 is 2.19 bits per heavy atom. The van der Waals surface area contributed by atoms with Crippen molar-refractivity contribution < 1.29 is 4.79 Å². The summed E-state index contributed by atoms with van der Waals surface area (Å²) in [6.45, 7) is 3.78. The molecule has 0 aliphatic heterocycles. The second-order valence-electron chi connectivity index (χ2n) is 5.20. The molecule has 0 heterocycles. The van der Waals surface area contributed by atoms with E-state index in [-0.39, 0.29) is 6.03 Å². The van der Waals surface area contributed by atoms with Crippen molar-refractivity contribution in [1.29, 1.82) is 0 Å². The maximum absolute atomic E-state index is 12.0. The molecule has 0 aliphatic rings. The minimum atomic E-state index is -0.585. The minimum Gasteiger partial charge on any atom is -0.363 e. The second kappa shape index (κ2) is 6.50. The van der Waals surface area contributed by atoms with Gasteiger partial charge in [0.25, 0.3) is 0 Å². The molecule has 21 heavy (non-hydrogen) atoms. The first-order valence-corrected chi connectivity index (χ1v) is 7.00. The van der Waals surface area contributed by atoms with Gasteiger partial charge in [-0.3, -0.25) is 0 Å². The second-order valence-corrected chi connectivity index (χ2v) is 5.64. The monoisotopic (exact) mass is 303 g/mol. The number of para-hydroxylation sites is 1. The fraction of sp³-hybridized carbons (Fsp3) is 0.188. The van der Waals surface area contributed by atoms with Crippen LogP contribution in [-0.4, -0.2) is 11.7 Å². The highest BCUT2D eigenvalue weighted by atomic mass is 35.5. The Labute approximate surface area is 129 Å². The van der Waals surface area contributed by atoms with Crippen molar-refractivity contribution in [2.75, 3.05) is 10.6 Å². The number of urea groups is 1. The Kier molecular flexibility index (Phi) is 4.70. The summed E-state index contributed by atoms with van der Waals surface area (Å²) in [5, 5.41) is 9.52. The third-order valence-corrected chi connectivity index (χ3v) is 3.01. The van der Waals surface area contributed by atoms with E-state index in [0.29, 0.717) is 10.7 Å². The topological polar surface area (TPSA) is 53.2 Å². The summed E-state index contributed by atoms with van der Waals surface area (Å²) in [6.07, 6.45) is 0. The summed E-state index contributed by atoms with van der Waals surface area (Å²) in [5.74, 6) is 0. The van der Waals surface area contributed by atoms with Gasteiger partial charge in [0.15, 0.2) is 0 Å². The minimum absolute atomic E-state index is 0.286. The zero-order chi connectivity index (χ0) is 15.3. The van der Waals surface area contributed by atoms with Gasteiger partial charge >= 0.3 is 6.03 Å². The summed E-state index contributed by atoms with van der Waals surface area (Å²) in [7, 11) is 0. The molecule has 0 atom stereocenters. The number of hydrogen-bond donors (Lipinski definition) is 3. The molecule has 2 aromatic carbocycles. The number of carbonyl (C=O) groups excluding carboxylic acids is 1. The Balaban J connectivity index is 1.93. The average Bonchev–Trinajstić information content (AvgIpc) is 2.41. The fourth-order valence-electron chi connectivity index (χ4n) is 1.89. The zero-order valence-electron chi connectivity index (χ0n) is 12.0. The summed E-state index contributed by atoms with van der Waals surface area (Å²) in [6, 6.07) is 16.4. The van der Waals surface area contributed by atoms with Crippen molar-refractivity contribution in [2.24, 2.45) is 0 Å². The highest BCUT2D eigenvalue weighted by Gasteiger charge is 2.19. The number of carbonyl (C=O) groups is 1. The van der Waals surface area contributed by atoms with Crippen LogP contribution >= 0.6 is 11.6 Å². The molecule has 0 spiro atoms. The van der Waals surface area contributed by atoms with Gasteiger partial charge in [-0.15, -0.1) is 0 Å². The lowest BCUT2D eigenvalue weighted by Gasteiger charge is -2.29. The van der Waals surface area contributed by atoms with Crippen LogP contribution in [0.1, 0.15) is 13.8 Å². The van der Waals surface area contributed by atoms with Crippen LogP contribution in [0.3, 0.4) is 0 Å². The summed E-state index contributed by atoms with van der Waals surface area (Å²) < 4.78 is 0. The van der Waals surface area contributed by atoms with Gasteiger partial charge in [0.2, 0.25) is 0 Å². The first-order valence-electron chi connectivity index (χ1n) is 6.63. The Morgan fingerprint density at radius 2 is 1.57 bits per heavy atom. The Morgan fingerprint density at radius 1 is 0.952 bits per heavy atom. The van der Waals surface area contributed by atoms with Gasteiger partial charge in [0.1, 0.15) is 5.66 Å². The predicted octanol–water partition coefficient (Wildman–Crippen LogP) is 4.31. The van der Waals surface area contributed by atoms with Crippen molar-refractivity contribution in [1.82, 2.24) is 5.32 Å². The summed E-state index contributed by atoms with van der Waals surface area (Å²) in [4.78, 5) is 12.0. The lowest BCUT2D eigenvalue weighted by molar-refractivity contribution is 0.244. The molecule has 3 N–H and O–H groups in total. The average molecular weight is 304 g/mol. The van der Waals surface area contributed by atoms with Crippen molar-refractivity contribution in [3.63, 3.8) is 0 Å². The highest BCUT2D eigenvalue weighted by Crippen LogP contribution is 2.15. The molecule has 5 heteroatoms. The molecule has 0 saturated heterocycles. The molecule has 2 aromatic rings. The smallest absolute Gasteiger partial charge is 0.321 e. The first kappa shape index (κ1) is 15.2. The molecule has 2 rings (SSSR count). The lowest BCUT2D eigenvalue weighted by Crippen LogP contribution is -2.51. The number of anilines is 2. The van der Waals surface area contributed by atoms with Gasteiger partial charge in [0, 0.05) is 16.4 Å². The van der Waals surface area contributed by atoms with Crippen molar-refractivity contribution in [2.45, 2.75) is 19.5 Å². The molecule has 0 fully saturated rings. The summed E-state index contributed by atoms with van der Waals surface area (Å²) >= 11 is 5.81. The third kappa shape index (κ3) is 5.00. The molecule has 110 valence electrons. The van der Waals surface area contributed by atoms with Crippen LogP contribution in [0.25, 0.3) is 0 Å². The molecule has 0 saturated carbocycles. The standard InChI is InChI=1S/C16H18ClN3O/c1-16(2,19-14-6-4-3-5-7-14)20-15(21)18-13-10-8-12(17)9-11-13/h3-11,19H,1-2H3,(H2,18,20,21). The molecule has 2 amide bonds. The molecular weight excluding hydrogens is 286 g/mol. The van der Waals surface area contributed by atoms with Crippen molar-refractivity contribution in [3.8, 4) is 0 Å². The molecule has 4 nitrogen and oxygen atoms in total. The molecular formula is C16H18ClN3O. The van der Waals surface area contributed by atoms with Crippen LogP contribution in [0.4, 0.5) is 16.2 Å². The first-order chi connectivity index (χ1) is 9.94. The number of benzene rings is 2. The number of hydrogen-bond acceptors (Lipinski definition) is 2. The summed E-state index contributed by atoms with van der Waals surface area (Å²) in [5.41, 5.74) is 1.04. The highest BCUT2D eigenvalue weighted by molar-refractivity contribution is 6.30. The molecule has 0 bridgehead atoms. The quantitative estimate of drug-likeness (QED) is 0.737. The van der Waals surface area contributed by atoms with Crippen molar-refractivity contribution in [3.05, 3.63) is 59.6 Å². The molecule has 0 aromatic heterocycles. The van der Waals surface area contributed by atoms with E-state index >= 15 is 0 Å². The third-order valence-electron chi connectivity index (χ3n) is 2.76. The largest absolute Gasteiger partial charge is 0.363 e. The number of amides is 2. The van der Waals surface area contributed by atoms with E-state index in [1.807, 2.05) is 44.2 Å². The normalized spacial score (nSPS) is 10.8. The van der Waals surface area contributed by atoms with Gasteiger partial charge in [-0.05, 0) is 50.2 Å². The van der Waals surface area contributed by atoms with E-state index in [1.54, 1.807) is 24.3 Å². The van der Waals surface area contributed by atoms with Gasteiger partial charge < -0.3 is 16.0 Å². The van der Waals surface area contributed by atoms with Crippen LogP contribution in [-0.2, 0) is 0 Å². The molecule has 0 aliphatic carbocycles. The lowest BCUT2D eigenvalue weighted by atomic mass is 10.2. The predicted molar refractivity (Wildman–Crippen MR) is 87.8 cm³/mol. The fourth-order valence-corrected chi connectivity index (χ4v) is 2.02. The van der Waals surface area contributed by atoms with E-state index in [9.17, 15) is 4.79 Å². The number of rotatable bonds is 4. The van der Waals surface area contributed by atoms with Crippen LogP contribution in [0.5, 0.6) is 0 Å². The van der Waals surface area contributed by atoms with E-state index in [2.05, 4.69) is 16.0 Å². The van der Waals surface area contributed by atoms with Gasteiger partial charge in [-0.1, -0.05) is 29.8 Å². The Bertz CT molecular complexity index is 597. The van der Waals surface area contributed by atoms with Crippen LogP contribution in [0, 0.1) is 0 Å². The van der Waals surface area contributed by atoms with E-state index < -0.39 is 5.66 Å². The Hall–Kier alpha value is -2.20. The van der Waals surface area contributed by atoms with E-state index in [1.165, 1.54) is 0 Å². The van der Waals surface area contributed by atoms with Crippen LogP contribution in [0.2, 0.25) is 5.02 Å². The SMILES string of the molecule is CC(C)(NC(=O)Nc1ccc(Cl)cc1)Nc1ccccc1. The maximum atomic E-state index is 12.0. The van der Waals surface area contributed by atoms with E-state index in [0.717, 1.165) is 5.69 Å². The number of nitrogens with one attached hydrogen (secondary N) is 3. The maximum Gasteiger partial charge on any atom is 0.321 e. The molecule has 0 unspecified atom stereocenters.